The largest absolute Gasteiger partial charge is 0.312 e. The predicted molar refractivity (Wildman–Crippen MR) is 134 cm³/mol. The lowest BCUT2D eigenvalue weighted by Gasteiger charge is -2.42. The highest BCUT2D eigenvalue weighted by Crippen LogP contribution is 2.45. The zero-order valence-electron chi connectivity index (χ0n) is 18.2. The third kappa shape index (κ3) is 3.65. The Bertz CT molecular complexity index is 1370. The number of rotatable bonds is 3. The molecule has 162 valence electrons. The van der Waals surface area contributed by atoms with Crippen LogP contribution in [-0.4, -0.2) is 16.4 Å². The van der Waals surface area contributed by atoms with Gasteiger partial charge in [0.1, 0.15) is 16.1 Å². The Morgan fingerprint density at radius 1 is 1.12 bits per heavy atom. The zero-order valence-corrected chi connectivity index (χ0v) is 20.6. The van der Waals surface area contributed by atoms with Crippen LogP contribution in [0.4, 0.5) is 5.00 Å². The van der Waals surface area contributed by atoms with Crippen molar-refractivity contribution in [3.8, 4) is 16.0 Å². The topological polar surface area (TPSA) is 77.8 Å². The molecule has 0 saturated heterocycles. The summed E-state index contributed by atoms with van der Waals surface area (Å²) in [6, 6.07) is 14.1. The standard InChI is InChI=1S/C24H22N4OS3/c1-23(2)11-13-14(12-25)21(32-19(13)24(3,4)28-23)27-20(29)17-9-10-18(30-17)22-26-15-7-5-6-8-16(15)31-22/h5-10,28H,11H2,1-4H3,(H,27,29). The summed E-state index contributed by atoms with van der Waals surface area (Å²) >= 11 is 4.55. The number of para-hydroxylation sites is 1. The number of fused-ring (bicyclic) bond motifs is 2. The van der Waals surface area contributed by atoms with E-state index in [0.717, 1.165) is 37.0 Å². The van der Waals surface area contributed by atoms with Crippen molar-refractivity contribution >= 4 is 55.1 Å². The number of benzene rings is 1. The molecular formula is C24H22N4OS3. The summed E-state index contributed by atoms with van der Waals surface area (Å²) in [5, 5.41) is 18.1. The average Bonchev–Trinajstić information content (AvgIpc) is 3.43. The van der Waals surface area contributed by atoms with E-state index in [4.69, 9.17) is 0 Å². The van der Waals surface area contributed by atoms with Gasteiger partial charge in [-0.2, -0.15) is 5.26 Å². The van der Waals surface area contributed by atoms with E-state index in [0.29, 0.717) is 15.4 Å². The minimum absolute atomic E-state index is 0.121. The minimum atomic E-state index is -0.265. The molecule has 8 heteroatoms. The molecule has 4 heterocycles. The van der Waals surface area contributed by atoms with E-state index >= 15 is 0 Å². The number of anilines is 1. The Morgan fingerprint density at radius 3 is 2.66 bits per heavy atom. The van der Waals surface area contributed by atoms with Gasteiger partial charge in [-0.1, -0.05) is 12.1 Å². The average molecular weight is 479 g/mol. The Hall–Kier alpha value is -2.57. The summed E-state index contributed by atoms with van der Waals surface area (Å²) in [4.78, 5) is 20.4. The summed E-state index contributed by atoms with van der Waals surface area (Å²) < 4.78 is 1.13. The summed E-state index contributed by atoms with van der Waals surface area (Å²) in [6.07, 6.45) is 0.752. The third-order valence-corrected chi connectivity index (χ3v) is 9.28. The lowest BCUT2D eigenvalue weighted by Crippen LogP contribution is -2.54. The molecule has 0 spiro atoms. The number of thiophene rings is 2. The second-order valence-corrected chi connectivity index (χ2v) is 12.3. The molecule has 4 aromatic rings. The molecule has 3 aromatic heterocycles. The van der Waals surface area contributed by atoms with Crippen molar-refractivity contribution in [3.63, 3.8) is 0 Å². The molecule has 5 rings (SSSR count). The van der Waals surface area contributed by atoms with Gasteiger partial charge in [-0.3, -0.25) is 4.79 Å². The van der Waals surface area contributed by atoms with Crippen molar-refractivity contribution in [1.82, 2.24) is 10.3 Å². The van der Waals surface area contributed by atoms with Crippen LogP contribution in [0, 0.1) is 11.3 Å². The lowest BCUT2D eigenvalue weighted by molar-refractivity contribution is 0.103. The Kier molecular flexibility index (Phi) is 4.98. The maximum Gasteiger partial charge on any atom is 0.266 e. The molecule has 0 atom stereocenters. The number of thiazole rings is 1. The highest BCUT2D eigenvalue weighted by molar-refractivity contribution is 7.26. The molecule has 0 unspecified atom stereocenters. The van der Waals surface area contributed by atoms with Crippen LogP contribution in [0.25, 0.3) is 20.1 Å². The van der Waals surface area contributed by atoms with Crippen LogP contribution >= 0.6 is 34.0 Å². The van der Waals surface area contributed by atoms with Gasteiger partial charge in [0.15, 0.2) is 0 Å². The van der Waals surface area contributed by atoms with Crippen molar-refractivity contribution in [2.24, 2.45) is 0 Å². The van der Waals surface area contributed by atoms with Crippen LogP contribution < -0.4 is 10.6 Å². The monoisotopic (exact) mass is 478 g/mol. The van der Waals surface area contributed by atoms with Crippen LogP contribution in [-0.2, 0) is 12.0 Å². The van der Waals surface area contributed by atoms with E-state index in [-0.39, 0.29) is 17.0 Å². The number of nitriles is 1. The highest BCUT2D eigenvalue weighted by atomic mass is 32.1. The quantitative estimate of drug-likeness (QED) is 0.359. The Labute approximate surface area is 198 Å². The Balaban J connectivity index is 1.44. The summed E-state index contributed by atoms with van der Waals surface area (Å²) in [5.41, 5.74) is 2.21. The first-order valence-electron chi connectivity index (χ1n) is 10.3. The van der Waals surface area contributed by atoms with Gasteiger partial charge in [0.2, 0.25) is 0 Å². The Morgan fingerprint density at radius 2 is 1.91 bits per heavy atom. The number of amides is 1. The van der Waals surface area contributed by atoms with Crippen molar-refractivity contribution in [3.05, 3.63) is 57.3 Å². The van der Waals surface area contributed by atoms with Gasteiger partial charge in [0, 0.05) is 16.0 Å². The van der Waals surface area contributed by atoms with Gasteiger partial charge in [0.05, 0.1) is 25.5 Å². The van der Waals surface area contributed by atoms with E-state index in [1.54, 1.807) is 11.3 Å². The fourth-order valence-electron chi connectivity index (χ4n) is 4.45. The summed E-state index contributed by atoms with van der Waals surface area (Å²) in [5.74, 6) is -0.192. The van der Waals surface area contributed by atoms with E-state index in [2.05, 4.69) is 55.4 Å². The predicted octanol–water partition coefficient (Wildman–Crippen LogP) is 6.37. The molecule has 1 aliphatic heterocycles. The number of aromatic nitrogens is 1. The molecule has 0 bridgehead atoms. The summed E-state index contributed by atoms with van der Waals surface area (Å²) in [7, 11) is 0. The number of hydrogen-bond acceptors (Lipinski definition) is 7. The molecule has 1 aromatic carbocycles. The number of hydrogen-bond donors (Lipinski definition) is 2. The first kappa shape index (κ1) is 21.3. The fourth-order valence-corrected chi connectivity index (χ4v) is 7.59. The highest BCUT2D eigenvalue weighted by Gasteiger charge is 2.40. The van der Waals surface area contributed by atoms with Crippen LogP contribution in [0.15, 0.2) is 36.4 Å². The molecular weight excluding hydrogens is 456 g/mol. The number of carbonyl (C=O) groups excluding carboxylic acids is 1. The van der Waals surface area contributed by atoms with E-state index in [9.17, 15) is 10.1 Å². The zero-order chi connectivity index (χ0) is 22.7. The van der Waals surface area contributed by atoms with Gasteiger partial charge in [0.25, 0.3) is 5.91 Å². The van der Waals surface area contributed by atoms with Gasteiger partial charge in [-0.25, -0.2) is 4.98 Å². The summed E-state index contributed by atoms with van der Waals surface area (Å²) in [6.45, 7) is 8.53. The first-order chi connectivity index (χ1) is 15.2. The smallest absolute Gasteiger partial charge is 0.266 e. The molecule has 0 saturated carbocycles. The van der Waals surface area contributed by atoms with E-state index in [1.807, 2.05) is 30.3 Å². The normalized spacial score (nSPS) is 16.5. The van der Waals surface area contributed by atoms with Crippen molar-refractivity contribution < 1.29 is 4.79 Å². The molecule has 1 amide bonds. The molecule has 0 fully saturated rings. The second-order valence-electron chi connectivity index (χ2n) is 9.14. The van der Waals surface area contributed by atoms with Crippen LogP contribution in [0.5, 0.6) is 0 Å². The van der Waals surface area contributed by atoms with Gasteiger partial charge < -0.3 is 10.6 Å². The maximum absolute atomic E-state index is 13.1. The third-order valence-electron chi connectivity index (χ3n) is 5.52. The molecule has 0 aliphatic carbocycles. The van der Waals surface area contributed by atoms with Crippen LogP contribution in [0.2, 0.25) is 0 Å². The SMILES string of the molecule is CC1(C)Cc2c(sc(NC(=O)c3ccc(-c4nc5ccccc5s4)s3)c2C#N)C(C)(C)N1. The van der Waals surface area contributed by atoms with Gasteiger partial charge in [-0.05, 0) is 63.9 Å². The van der Waals surface area contributed by atoms with Crippen molar-refractivity contribution in [2.45, 2.75) is 45.2 Å². The number of carbonyl (C=O) groups is 1. The fraction of sp³-hybridized carbons (Fsp3) is 0.292. The molecule has 1 aliphatic rings. The molecule has 2 N–H and O–H groups in total. The van der Waals surface area contributed by atoms with Crippen LogP contribution in [0.1, 0.15) is 53.4 Å². The maximum atomic E-state index is 13.1. The van der Waals surface area contributed by atoms with Gasteiger partial charge in [-0.15, -0.1) is 34.0 Å². The number of nitrogens with one attached hydrogen (secondary N) is 2. The minimum Gasteiger partial charge on any atom is -0.312 e. The van der Waals surface area contributed by atoms with Gasteiger partial charge >= 0.3 is 0 Å². The van der Waals surface area contributed by atoms with Crippen LogP contribution in [0.3, 0.4) is 0 Å². The van der Waals surface area contributed by atoms with Crippen molar-refractivity contribution in [1.29, 1.82) is 5.26 Å². The number of nitrogens with zero attached hydrogens (tertiary/aromatic N) is 2. The lowest BCUT2D eigenvalue weighted by atomic mass is 9.81. The second kappa shape index (κ2) is 7.49. The molecule has 0 radical (unpaired) electrons. The van der Waals surface area contributed by atoms with Crippen molar-refractivity contribution in [2.75, 3.05) is 5.32 Å². The molecule has 5 nitrogen and oxygen atoms in total. The van der Waals surface area contributed by atoms with E-state index in [1.165, 1.54) is 22.7 Å². The van der Waals surface area contributed by atoms with E-state index < -0.39 is 0 Å². The molecule has 32 heavy (non-hydrogen) atoms. The first-order valence-corrected chi connectivity index (χ1v) is 12.7.